The molecule has 0 radical (unpaired) electrons. The summed E-state index contributed by atoms with van der Waals surface area (Å²) < 4.78 is 7.23. The number of fused-ring (bicyclic) bond motifs is 1. The summed E-state index contributed by atoms with van der Waals surface area (Å²) in [4.78, 5) is 28.0. The molecule has 1 atom stereocenters. The highest BCUT2D eigenvalue weighted by Gasteiger charge is 2.27. The average molecular weight is 412 g/mol. The number of nitrogens with one attached hydrogen (secondary N) is 2. The maximum atomic E-state index is 12.1. The molecule has 1 aliphatic heterocycles. The van der Waals surface area contributed by atoms with Gasteiger partial charge >= 0.3 is 0 Å². The molecular weight excluding hydrogens is 394 g/mol. The Bertz CT molecular complexity index is 1060. The van der Waals surface area contributed by atoms with E-state index in [2.05, 4.69) is 20.7 Å². The van der Waals surface area contributed by atoms with Crippen molar-refractivity contribution in [2.45, 2.75) is 19.4 Å². The number of benzene rings is 2. The first kappa shape index (κ1) is 18.9. The number of nitrogens with zero attached hydrogens (tertiary/aromatic N) is 3. The lowest BCUT2D eigenvalue weighted by atomic mass is 10.0. The third kappa shape index (κ3) is 4.22. The summed E-state index contributed by atoms with van der Waals surface area (Å²) in [5, 5.41) is 10.2. The van der Waals surface area contributed by atoms with Gasteiger partial charge in [0.2, 0.25) is 11.9 Å². The lowest BCUT2D eigenvalue weighted by Crippen LogP contribution is -2.29. The highest BCUT2D eigenvalue weighted by molar-refractivity contribution is 6.31. The van der Waals surface area contributed by atoms with Crippen molar-refractivity contribution >= 4 is 35.1 Å². The Morgan fingerprint density at radius 3 is 2.86 bits per heavy atom. The first-order chi connectivity index (χ1) is 14.0. The number of anilines is 2. The quantitative estimate of drug-likeness (QED) is 0.671. The Morgan fingerprint density at radius 1 is 1.31 bits per heavy atom. The number of ether oxygens (including phenoxy) is 1. The molecule has 0 aliphatic carbocycles. The van der Waals surface area contributed by atoms with Crippen LogP contribution >= 0.6 is 11.6 Å². The van der Waals surface area contributed by atoms with Gasteiger partial charge in [-0.15, -0.1) is 0 Å². The van der Waals surface area contributed by atoms with E-state index in [9.17, 15) is 9.59 Å². The zero-order valence-corrected chi connectivity index (χ0v) is 16.3. The number of hydrogen-bond acceptors (Lipinski definition) is 5. The summed E-state index contributed by atoms with van der Waals surface area (Å²) in [7, 11) is 0. The van der Waals surface area contributed by atoms with Crippen molar-refractivity contribution < 1.29 is 14.3 Å². The van der Waals surface area contributed by atoms with Gasteiger partial charge < -0.3 is 10.1 Å². The molecule has 0 fully saturated rings. The fraction of sp³-hybridized carbons (Fsp3) is 0.200. The Labute approximate surface area is 171 Å². The first-order valence-electron chi connectivity index (χ1n) is 8.98. The third-order valence-electron chi connectivity index (χ3n) is 4.59. The van der Waals surface area contributed by atoms with Crippen molar-refractivity contribution in [2.24, 2.45) is 0 Å². The molecule has 9 heteroatoms. The standard InChI is InChI=1S/C20H18ClN5O3/c1-12-2-5-14(8-16(12)21)24-19(28)10-29-15-6-3-13(4-7-15)17-9-18(27)25-20-22-11-23-26(17)20/h2-8,11,17H,9-10H2,1H3,(H,24,28)(H,22,23,25,27)/t17-/m1/s1. The van der Waals surface area contributed by atoms with Crippen LogP contribution in [-0.2, 0) is 9.59 Å². The molecule has 2 heterocycles. The van der Waals surface area contributed by atoms with Crippen LogP contribution in [0.3, 0.4) is 0 Å². The Hall–Kier alpha value is -3.39. The van der Waals surface area contributed by atoms with Gasteiger partial charge in [0.05, 0.1) is 12.5 Å². The van der Waals surface area contributed by atoms with E-state index in [4.69, 9.17) is 16.3 Å². The van der Waals surface area contributed by atoms with Crippen molar-refractivity contribution in [1.29, 1.82) is 0 Å². The van der Waals surface area contributed by atoms with E-state index in [0.29, 0.717) is 22.4 Å². The summed E-state index contributed by atoms with van der Waals surface area (Å²) in [5.74, 6) is 0.582. The number of carbonyl (C=O) groups excluding carboxylic acids is 2. The third-order valence-corrected chi connectivity index (χ3v) is 5.00. The second kappa shape index (κ2) is 7.92. The fourth-order valence-electron chi connectivity index (χ4n) is 3.07. The molecule has 4 rings (SSSR count). The van der Waals surface area contributed by atoms with Crippen LogP contribution in [0.5, 0.6) is 5.75 Å². The zero-order valence-electron chi connectivity index (χ0n) is 15.6. The van der Waals surface area contributed by atoms with Crippen LogP contribution in [0.2, 0.25) is 5.02 Å². The molecule has 0 saturated heterocycles. The summed E-state index contributed by atoms with van der Waals surface area (Å²) in [6.45, 7) is 1.76. The van der Waals surface area contributed by atoms with Gasteiger partial charge in [-0.1, -0.05) is 29.8 Å². The summed E-state index contributed by atoms with van der Waals surface area (Å²) >= 11 is 6.06. The molecule has 8 nitrogen and oxygen atoms in total. The fourth-order valence-corrected chi connectivity index (χ4v) is 3.25. The van der Waals surface area contributed by atoms with E-state index in [0.717, 1.165) is 11.1 Å². The molecule has 29 heavy (non-hydrogen) atoms. The number of halogens is 1. The van der Waals surface area contributed by atoms with Gasteiger partial charge in [-0.25, -0.2) is 4.68 Å². The van der Waals surface area contributed by atoms with E-state index in [1.165, 1.54) is 6.33 Å². The molecular formula is C20H18ClN5O3. The molecule has 148 valence electrons. The second-order valence-corrected chi connectivity index (χ2v) is 7.07. The lowest BCUT2D eigenvalue weighted by molar-refractivity contribution is -0.118. The monoisotopic (exact) mass is 411 g/mol. The van der Waals surface area contributed by atoms with Crippen molar-refractivity contribution in [2.75, 3.05) is 17.2 Å². The SMILES string of the molecule is Cc1ccc(NC(=O)COc2ccc([C@H]3CC(=O)Nc4ncnn43)cc2)cc1Cl. The number of aromatic nitrogens is 3. The maximum absolute atomic E-state index is 12.1. The molecule has 2 N–H and O–H groups in total. The molecule has 0 saturated carbocycles. The highest BCUT2D eigenvalue weighted by Crippen LogP contribution is 2.29. The van der Waals surface area contributed by atoms with E-state index in [1.54, 1.807) is 28.9 Å². The normalized spacial score (nSPS) is 15.4. The van der Waals surface area contributed by atoms with Gasteiger partial charge in [0, 0.05) is 10.7 Å². The van der Waals surface area contributed by atoms with Gasteiger partial charge in [-0.3, -0.25) is 14.9 Å². The molecule has 0 unspecified atom stereocenters. The molecule has 3 aromatic rings. The molecule has 0 bridgehead atoms. The van der Waals surface area contributed by atoms with Crippen LogP contribution < -0.4 is 15.4 Å². The number of carbonyl (C=O) groups is 2. The van der Waals surface area contributed by atoms with Gasteiger partial charge in [0.15, 0.2) is 6.61 Å². The van der Waals surface area contributed by atoms with E-state index in [-0.39, 0.29) is 30.9 Å². The largest absolute Gasteiger partial charge is 0.484 e. The molecule has 2 amide bonds. The highest BCUT2D eigenvalue weighted by atomic mass is 35.5. The molecule has 1 aromatic heterocycles. The minimum absolute atomic E-state index is 0.108. The minimum atomic E-state index is -0.287. The van der Waals surface area contributed by atoms with Crippen molar-refractivity contribution in [1.82, 2.24) is 14.8 Å². The Balaban J connectivity index is 1.37. The van der Waals surface area contributed by atoms with Crippen LogP contribution in [0.1, 0.15) is 23.6 Å². The Morgan fingerprint density at radius 2 is 2.10 bits per heavy atom. The van der Waals surface area contributed by atoms with Gasteiger partial charge in [0.1, 0.15) is 12.1 Å². The maximum Gasteiger partial charge on any atom is 0.262 e. The molecule has 0 spiro atoms. The van der Waals surface area contributed by atoms with Crippen molar-refractivity contribution in [3.8, 4) is 5.75 Å². The average Bonchev–Trinajstić information content (AvgIpc) is 3.17. The number of rotatable bonds is 5. The summed E-state index contributed by atoms with van der Waals surface area (Å²) in [6.07, 6.45) is 1.68. The van der Waals surface area contributed by atoms with E-state index in [1.807, 2.05) is 25.1 Å². The summed E-state index contributed by atoms with van der Waals surface area (Å²) in [6, 6.07) is 12.3. The molecule has 2 aromatic carbocycles. The predicted molar refractivity (Wildman–Crippen MR) is 108 cm³/mol. The van der Waals surface area contributed by atoms with E-state index >= 15 is 0 Å². The van der Waals surface area contributed by atoms with E-state index < -0.39 is 0 Å². The van der Waals surface area contributed by atoms with Gasteiger partial charge in [0.25, 0.3) is 5.91 Å². The summed E-state index contributed by atoms with van der Waals surface area (Å²) in [5.41, 5.74) is 2.45. The smallest absolute Gasteiger partial charge is 0.262 e. The van der Waals surface area contributed by atoms with Crippen LogP contribution in [0.4, 0.5) is 11.6 Å². The van der Waals surface area contributed by atoms with Crippen LogP contribution in [0.15, 0.2) is 48.8 Å². The number of hydrogen-bond donors (Lipinski definition) is 2. The van der Waals surface area contributed by atoms with Crippen LogP contribution in [0.25, 0.3) is 0 Å². The van der Waals surface area contributed by atoms with Crippen molar-refractivity contribution in [3.05, 3.63) is 64.9 Å². The number of aryl methyl sites for hydroxylation is 1. The van der Waals surface area contributed by atoms with Gasteiger partial charge in [-0.05, 0) is 42.3 Å². The number of amides is 2. The van der Waals surface area contributed by atoms with Gasteiger partial charge in [-0.2, -0.15) is 10.1 Å². The zero-order chi connectivity index (χ0) is 20.4. The minimum Gasteiger partial charge on any atom is -0.484 e. The predicted octanol–water partition coefficient (Wildman–Crippen LogP) is 3.19. The van der Waals surface area contributed by atoms with Crippen molar-refractivity contribution in [3.63, 3.8) is 0 Å². The molecule has 1 aliphatic rings. The lowest BCUT2D eigenvalue weighted by Gasteiger charge is -2.23. The Kier molecular flexibility index (Phi) is 5.18. The second-order valence-electron chi connectivity index (χ2n) is 6.67. The van der Waals surface area contributed by atoms with Crippen LogP contribution in [0, 0.1) is 6.92 Å². The first-order valence-corrected chi connectivity index (χ1v) is 9.35. The topological polar surface area (TPSA) is 98.1 Å². The van der Waals surface area contributed by atoms with Crippen LogP contribution in [-0.4, -0.2) is 33.2 Å².